The first-order valence-corrected chi connectivity index (χ1v) is 8.84. The molecule has 0 aliphatic carbocycles. The van der Waals surface area contributed by atoms with Gasteiger partial charge in [0, 0.05) is 16.1 Å². The van der Waals surface area contributed by atoms with Crippen molar-refractivity contribution in [1.82, 2.24) is 4.90 Å². The average molecular weight is 360 g/mol. The highest BCUT2D eigenvalue weighted by atomic mass is 35.5. The molecule has 0 spiro atoms. The molecule has 25 heavy (non-hydrogen) atoms. The zero-order valence-corrected chi connectivity index (χ0v) is 14.6. The molecule has 0 aromatic heterocycles. The molecule has 1 saturated heterocycles. The minimum atomic E-state index is 0.0557. The molecule has 2 aliphatic rings. The Labute approximate surface area is 151 Å². The quantitative estimate of drug-likeness (QED) is 0.905. The average Bonchev–Trinajstić information content (AvgIpc) is 3.09. The second-order valence-electron chi connectivity index (χ2n) is 6.42. The lowest BCUT2D eigenvalue weighted by molar-refractivity contribution is -0.917. The van der Waals surface area contributed by atoms with Crippen LogP contribution in [0.3, 0.4) is 0 Å². The number of hydrogen-bond acceptors (Lipinski definition) is 3. The summed E-state index contributed by atoms with van der Waals surface area (Å²) < 4.78 is 10.7. The van der Waals surface area contributed by atoms with Crippen molar-refractivity contribution in [3.8, 4) is 11.5 Å². The van der Waals surface area contributed by atoms with Crippen LogP contribution in [-0.4, -0.2) is 43.8 Å². The summed E-state index contributed by atoms with van der Waals surface area (Å²) in [5, 5.41) is 0.772. The minimum absolute atomic E-state index is 0.0557. The van der Waals surface area contributed by atoms with Gasteiger partial charge in [0.1, 0.15) is 6.54 Å². The summed E-state index contributed by atoms with van der Waals surface area (Å²) in [6.45, 7) is 4.53. The summed E-state index contributed by atoms with van der Waals surface area (Å²) in [6.07, 6.45) is 0. The Hall–Kier alpha value is -2.24. The Bertz CT molecular complexity index is 788. The van der Waals surface area contributed by atoms with Crippen LogP contribution in [0.15, 0.2) is 42.5 Å². The molecule has 1 fully saturated rings. The SMILES string of the molecule is O=C(c1ccc2c(c1)OCO2)N1CC[NH+](Cc2cccc(Cl)c2)CC1. The van der Waals surface area contributed by atoms with Crippen LogP contribution in [0, 0.1) is 0 Å². The van der Waals surface area contributed by atoms with Gasteiger partial charge in [-0.05, 0) is 30.3 Å². The molecular formula is C19H20ClN2O3+. The van der Waals surface area contributed by atoms with Crippen molar-refractivity contribution in [2.45, 2.75) is 6.54 Å². The number of nitrogens with one attached hydrogen (secondary N) is 1. The number of quaternary nitrogens is 1. The molecule has 4 rings (SSSR count). The normalized spacial score (nSPS) is 16.9. The number of hydrogen-bond donors (Lipinski definition) is 1. The zero-order valence-electron chi connectivity index (χ0n) is 13.8. The number of carbonyl (C=O) groups excluding carboxylic acids is 1. The van der Waals surface area contributed by atoms with Gasteiger partial charge in [0.05, 0.1) is 26.2 Å². The van der Waals surface area contributed by atoms with Crippen molar-refractivity contribution in [2.75, 3.05) is 33.0 Å². The highest BCUT2D eigenvalue weighted by Gasteiger charge is 2.26. The minimum Gasteiger partial charge on any atom is -0.454 e. The van der Waals surface area contributed by atoms with E-state index in [0.717, 1.165) is 37.7 Å². The molecule has 5 nitrogen and oxygen atoms in total. The van der Waals surface area contributed by atoms with Gasteiger partial charge >= 0.3 is 0 Å². The van der Waals surface area contributed by atoms with Crippen LogP contribution in [0.4, 0.5) is 0 Å². The topological polar surface area (TPSA) is 43.2 Å². The van der Waals surface area contributed by atoms with Crippen LogP contribution in [-0.2, 0) is 6.54 Å². The maximum absolute atomic E-state index is 12.7. The summed E-state index contributed by atoms with van der Waals surface area (Å²) in [4.78, 5) is 16.1. The van der Waals surface area contributed by atoms with E-state index < -0.39 is 0 Å². The van der Waals surface area contributed by atoms with Crippen LogP contribution in [0.25, 0.3) is 0 Å². The highest BCUT2D eigenvalue weighted by molar-refractivity contribution is 6.30. The van der Waals surface area contributed by atoms with Crippen LogP contribution in [0.1, 0.15) is 15.9 Å². The van der Waals surface area contributed by atoms with Gasteiger partial charge in [0.25, 0.3) is 5.91 Å². The summed E-state index contributed by atoms with van der Waals surface area (Å²) in [5.41, 5.74) is 1.89. The molecule has 0 bridgehead atoms. The number of ether oxygens (including phenoxy) is 2. The number of carbonyl (C=O) groups is 1. The second kappa shape index (κ2) is 6.94. The number of fused-ring (bicyclic) bond motifs is 1. The number of piperazine rings is 1. The van der Waals surface area contributed by atoms with Gasteiger partial charge in [-0.3, -0.25) is 4.79 Å². The first kappa shape index (κ1) is 16.2. The zero-order chi connectivity index (χ0) is 17.2. The third-order valence-electron chi connectivity index (χ3n) is 4.72. The second-order valence-corrected chi connectivity index (χ2v) is 6.85. The first-order chi connectivity index (χ1) is 12.2. The molecule has 2 aromatic rings. The number of nitrogens with zero attached hydrogens (tertiary/aromatic N) is 1. The molecule has 0 atom stereocenters. The Morgan fingerprint density at radius 1 is 1.08 bits per heavy atom. The fourth-order valence-corrected chi connectivity index (χ4v) is 3.56. The van der Waals surface area contributed by atoms with E-state index in [1.807, 2.05) is 23.1 Å². The van der Waals surface area contributed by atoms with Gasteiger partial charge in [-0.2, -0.15) is 0 Å². The third-order valence-corrected chi connectivity index (χ3v) is 4.96. The van der Waals surface area contributed by atoms with E-state index in [4.69, 9.17) is 21.1 Å². The van der Waals surface area contributed by atoms with E-state index in [1.165, 1.54) is 10.5 Å². The van der Waals surface area contributed by atoms with Gasteiger partial charge in [-0.1, -0.05) is 23.7 Å². The number of halogens is 1. The van der Waals surface area contributed by atoms with Crippen molar-refractivity contribution >= 4 is 17.5 Å². The monoisotopic (exact) mass is 359 g/mol. The highest BCUT2D eigenvalue weighted by Crippen LogP contribution is 2.32. The molecule has 1 amide bonds. The Balaban J connectivity index is 1.36. The molecular weight excluding hydrogens is 340 g/mol. The lowest BCUT2D eigenvalue weighted by atomic mass is 10.1. The molecule has 0 saturated carbocycles. The molecule has 130 valence electrons. The largest absolute Gasteiger partial charge is 0.454 e. The Kier molecular flexibility index (Phi) is 4.51. The molecule has 6 heteroatoms. The summed E-state index contributed by atoms with van der Waals surface area (Å²) >= 11 is 6.05. The predicted octanol–water partition coefficient (Wildman–Crippen LogP) is 1.61. The number of benzene rings is 2. The maximum Gasteiger partial charge on any atom is 0.254 e. The first-order valence-electron chi connectivity index (χ1n) is 8.46. The van der Waals surface area contributed by atoms with Gasteiger partial charge in [0.2, 0.25) is 6.79 Å². The van der Waals surface area contributed by atoms with Crippen LogP contribution >= 0.6 is 11.6 Å². The Morgan fingerprint density at radius 3 is 2.68 bits per heavy atom. The third kappa shape index (κ3) is 3.57. The van der Waals surface area contributed by atoms with Crippen LogP contribution in [0.2, 0.25) is 5.02 Å². The van der Waals surface area contributed by atoms with Gasteiger partial charge in [-0.25, -0.2) is 0 Å². The lowest BCUT2D eigenvalue weighted by Gasteiger charge is -2.32. The van der Waals surface area contributed by atoms with E-state index in [1.54, 1.807) is 18.2 Å². The molecule has 2 aliphatic heterocycles. The van der Waals surface area contributed by atoms with Crippen molar-refractivity contribution in [3.05, 3.63) is 58.6 Å². The summed E-state index contributed by atoms with van der Waals surface area (Å²) in [6, 6.07) is 13.4. The van der Waals surface area contributed by atoms with Crippen molar-refractivity contribution in [2.24, 2.45) is 0 Å². The molecule has 2 aromatic carbocycles. The predicted molar refractivity (Wildman–Crippen MR) is 94.3 cm³/mol. The van der Waals surface area contributed by atoms with Gasteiger partial charge < -0.3 is 19.3 Å². The van der Waals surface area contributed by atoms with E-state index in [0.29, 0.717) is 17.1 Å². The molecule has 2 heterocycles. The van der Waals surface area contributed by atoms with E-state index >= 15 is 0 Å². The van der Waals surface area contributed by atoms with E-state index in [2.05, 4.69) is 6.07 Å². The van der Waals surface area contributed by atoms with Crippen molar-refractivity contribution in [3.63, 3.8) is 0 Å². The van der Waals surface area contributed by atoms with Gasteiger partial charge in [-0.15, -0.1) is 0 Å². The Morgan fingerprint density at radius 2 is 1.88 bits per heavy atom. The standard InChI is InChI=1S/C19H19ClN2O3/c20-16-3-1-2-14(10-16)12-21-6-8-22(9-7-21)19(23)15-4-5-17-18(11-15)25-13-24-17/h1-5,10-11H,6-9,12-13H2/p+1. The smallest absolute Gasteiger partial charge is 0.254 e. The summed E-state index contributed by atoms with van der Waals surface area (Å²) in [7, 11) is 0. The lowest BCUT2D eigenvalue weighted by Crippen LogP contribution is -3.13. The number of amides is 1. The van der Waals surface area contributed by atoms with Crippen LogP contribution < -0.4 is 14.4 Å². The number of rotatable bonds is 3. The van der Waals surface area contributed by atoms with E-state index in [9.17, 15) is 4.79 Å². The van der Waals surface area contributed by atoms with Crippen LogP contribution in [0.5, 0.6) is 11.5 Å². The fraction of sp³-hybridized carbons (Fsp3) is 0.316. The molecule has 0 unspecified atom stereocenters. The molecule has 1 N–H and O–H groups in total. The van der Waals surface area contributed by atoms with Crippen molar-refractivity contribution in [1.29, 1.82) is 0 Å². The summed E-state index contributed by atoms with van der Waals surface area (Å²) in [5.74, 6) is 1.41. The van der Waals surface area contributed by atoms with E-state index in [-0.39, 0.29) is 12.7 Å². The fourth-order valence-electron chi connectivity index (χ4n) is 3.35. The van der Waals surface area contributed by atoms with Gasteiger partial charge in [0.15, 0.2) is 11.5 Å². The van der Waals surface area contributed by atoms with Crippen molar-refractivity contribution < 1.29 is 19.2 Å². The molecule has 0 radical (unpaired) electrons. The maximum atomic E-state index is 12.7.